The Labute approximate surface area is 89.5 Å². The fraction of sp³-hybridized carbons (Fsp3) is 0. The number of hydrogen-bond donors (Lipinski definition) is 0. The summed E-state index contributed by atoms with van der Waals surface area (Å²) in [5.41, 5.74) is 0. The van der Waals surface area contributed by atoms with E-state index >= 15 is 0 Å². The first-order valence-electron chi connectivity index (χ1n) is 0. The summed E-state index contributed by atoms with van der Waals surface area (Å²) in [6.07, 6.45) is 0. The first-order chi connectivity index (χ1) is 0. The van der Waals surface area contributed by atoms with Gasteiger partial charge in [-0.2, -0.15) is 0 Å². The predicted octanol–water partition coefficient (Wildman–Crippen LogP) is -0.238. The zero-order chi connectivity index (χ0) is 0. The fourth-order valence-corrected chi connectivity index (χ4v) is 0. The van der Waals surface area contributed by atoms with Crippen LogP contribution >= 0.6 is 0 Å². The van der Waals surface area contributed by atoms with Crippen LogP contribution in [0.4, 0.5) is 0 Å². The van der Waals surface area contributed by atoms with Gasteiger partial charge in [0.1, 0.15) is 0 Å². The van der Waals surface area contributed by atoms with Crippen molar-refractivity contribution in [2.75, 3.05) is 0 Å². The molecule has 0 N–H and O–H groups in total. The van der Waals surface area contributed by atoms with Crippen molar-refractivity contribution in [1.82, 2.24) is 0 Å². The molecule has 4 heteroatoms. The number of rotatable bonds is 0. The number of hydrogen-bond acceptors (Lipinski definition) is 0. The fourth-order valence-electron chi connectivity index (χ4n) is 0. The first kappa shape index (κ1) is 30.7. The van der Waals surface area contributed by atoms with Crippen LogP contribution in [0, 0.1) is 80.8 Å². The van der Waals surface area contributed by atoms with Crippen molar-refractivity contribution in [3.05, 3.63) is 0 Å². The van der Waals surface area contributed by atoms with Crippen molar-refractivity contribution >= 4 is 0 Å². The van der Waals surface area contributed by atoms with Gasteiger partial charge >= 0.3 is 80.8 Å². The van der Waals surface area contributed by atoms with E-state index in [4.69, 9.17) is 0 Å². The summed E-state index contributed by atoms with van der Waals surface area (Å²) in [6, 6.07) is 0. The van der Waals surface area contributed by atoms with E-state index in [1.807, 2.05) is 0 Å². The van der Waals surface area contributed by atoms with E-state index in [1.54, 1.807) is 0 Å². The minimum atomic E-state index is 0. The Morgan fingerprint density at radius 1 is 0.500 bits per heavy atom. The van der Waals surface area contributed by atoms with Gasteiger partial charge in [0, 0.05) is 0 Å². The van der Waals surface area contributed by atoms with Crippen LogP contribution in [-0.4, -0.2) is 0 Å². The molecule has 4 heavy (non-hydrogen) atoms. The standard InChI is InChI=1S/2O.2Sm/q2*-2;2*+3. The molecule has 0 spiro atoms. The summed E-state index contributed by atoms with van der Waals surface area (Å²) < 4.78 is 0. The largest absolute Gasteiger partial charge is 3.00 e. The van der Waals surface area contributed by atoms with E-state index in [0.29, 0.717) is 0 Å². The monoisotopic (exact) mass is 336 g/mol. The average Bonchev–Trinajstić information content (AvgIpc) is 0. The Balaban J connectivity index is 0. The minimum Gasteiger partial charge on any atom is -2.00 e. The molecule has 0 heterocycles. The Bertz CT molecular complexity index is 4.00. The molecule has 0 aliphatic carbocycles. The van der Waals surface area contributed by atoms with Crippen LogP contribution in [0.2, 0.25) is 0 Å². The Morgan fingerprint density at radius 3 is 0.500 bits per heavy atom. The van der Waals surface area contributed by atoms with Gasteiger partial charge in [0.15, 0.2) is 0 Å². The third kappa shape index (κ3) is 8.82. The smallest absolute Gasteiger partial charge is 2.00 e. The van der Waals surface area contributed by atoms with E-state index in [1.165, 1.54) is 0 Å². The molecule has 0 atom stereocenters. The maximum atomic E-state index is 0. The van der Waals surface area contributed by atoms with Gasteiger partial charge in [-0.15, -0.1) is 0 Å². The molecular weight excluding hydrogens is 333 g/mol. The molecule has 0 bridgehead atoms. The van der Waals surface area contributed by atoms with Crippen LogP contribution in [0.3, 0.4) is 0 Å². The van der Waals surface area contributed by atoms with Crippen molar-refractivity contribution in [3.8, 4) is 0 Å². The second-order valence-electron chi connectivity index (χ2n) is 0. The first-order valence-corrected chi connectivity index (χ1v) is 0. The maximum Gasteiger partial charge on any atom is 3.00 e. The van der Waals surface area contributed by atoms with E-state index in [9.17, 15) is 0 Å². The van der Waals surface area contributed by atoms with Gasteiger partial charge in [-0.1, -0.05) is 0 Å². The van der Waals surface area contributed by atoms with Gasteiger partial charge in [-0.05, 0) is 0 Å². The zero-order valence-corrected chi connectivity index (χ0v) is 6.87. The normalized spacial score (nSPS) is 0. The van der Waals surface area contributed by atoms with Crippen molar-refractivity contribution in [3.63, 3.8) is 0 Å². The van der Waals surface area contributed by atoms with Crippen molar-refractivity contribution in [2.24, 2.45) is 0 Å². The molecule has 22 valence electrons. The van der Waals surface area contributed by atoms with E-state index in [2.05, 4.69) is 0 Å². The molecule has 0 rings (SSSR count). The molecule has 0 fully saturated rings. The molecule has 0 aliphatic heterocycles. The van der Waals surface area contributed by atoms with Crippen LogP contribution in [0.25, 0.3) is 0 Å². The molecule has 0 saturated heterocycles. The summed E-state index contributed by atoms with van der Waals surface area (Å²) in [5.74, 6) is 0. The summed E-state index contributed by atoms with van der Waals surface area (Å²) in [4.78, 5) is 0. The molecule has 0 aromatic carbocycles. The molecule has 2 radical (unpaired) electrons. The van der Waals surface area contributed by atoms with E-state index < -0.39 is 0 Å². The summed E-state index contributed by atoms with van der Waals surface area (Å²) in [6.45, 7) is 0. The van der Waals surface area contributed by atoms with Crippen LogP contribution in [0.5, 0.6) is 0 Å². The van der Waals surface area contributed by atoms with E-state index in [0.717, 1.165) is 0 Å². The summed E-state index contributed by atoms with van der Waals surface area (Å²) in [7, 11) is 0. The molecule has 0 aromatic heterocycles. The third-order valence-corrected chi connectivity index (χ3v) is 0. The summed E-state index contributed by atoms with van der Waals surface area (Å²) >= 11 is 0. The SMILES string of the molecule is [O-2].[O-2].[Sm+3].[Sm+3]. The second kappa shape index (κ2) is 17.5. The van der Waals surface area contributed by atoms with Crippen molar-refractivity contribution < 1.29 is 91.7 Å². The minimum absolute atomic E-state index is 0. The predicted molar refractivity (Wildman–Crippen MR) is 1.37 cm³/mol. The quantitative estimate of drug-likeness (QED) is 0.588. The Hall–Kier alpha value is 2.60. The van der Waals surface area contributed by atoms with Gasteiger partial charge < -0.3 is 11.0 Å². The van der Waals surface area contributed by atoms with Crippen molar-refractivity contribution in [2.45, 2.75) is 0 Å². The van der Waals surface area contributed by atoms with Gasteiger partial charge in [0.25, 0.3) is 0 Å². The molecule has 0 aliphatic rings. The zero-order valence-electron chi connectivity index (χ0n) is 1.63. The van der Waals surface area contributed by atoms with Gasteiger partial charge in [0.05, 0.1) is 0 Å². The molecule has 0 saturated carbocycles. The Morgan fingerprint density at radius 2 is 0.500 bits per heavy atom. The van der Waals surface area contributed by atoms with Gasteiger partial charge in [-0.25, -0.2) is 0 Å². The van der Waals surface area contributed by atoms with Gasteiger partial charge in [0.2, 0.25) is 0 Å². The topological polar surface area (TPSA) is 57.0 Å². The molecule has 0 unspecified atom stereocenters. The molecule has 2 nitrogen and oxygen atoms in total. The average molecular weight is 333 g/mol. The van der Waals surface area contributed by atoms with Gasteiger partial charge in [-0.3, -0.25) is 0 Å². The van der Waals surface area contributed by atoms with Crippen LogP contribution in [-0.2, 0) is 11.0 Å². The second-order valence-corrected chi connectivity index (χ2v) is 0. The summed E-state index contributed by atoms with van der Waals surface area (Å²) in [5, 5.41) is 0. The van der Waals surface area contributed by atoms with Crippen molar-refractivity contribution in [1.29, 1.82) is 0 Å². The molecular formula is O2Sm2+2. The van der Waals surface area contributed by atoms with E-state index in [-0.39, 0.29) is 91.7 Å². The Kier molecular flexibility index (Phi) is 134. The maximum absolute atomic E-state index is 0. The van der Waals surface area contributed by atoms with Crippen LogP contribution in [0.1, 0.15) is 0 Å². The molecule has 0 amide bonds. The third-order valence-electron chi connectivity index (χ3n) is 0. The van der Waals surface area contributed by atoms with Crippen LogP contribution in [0.15, 0.2) is 0 Å². The molecule has 0 aromatic rings. The van der Waals surface area contributed by atoms with Crippen LogP contribution < -0.4 is 0 Å².